The topological polar surface area (TPSA) is 63.8 Å². The average Bonchev–Trinajstić information content (AvgIpc) is 3.20. The molecule has 3 aromatic heterocycles. The zero-order valence-corrected chi connectivity index (χ0v) is 13.3. The molecule has 0 amide bonds. The van der Waals surface area contributed by atoms with Crippen LogP contribution in [0, 0.1) is 6.92 Å². The molecule has 0 bridgehead atoms. The standard InChI is InChI=1S/C17H14N4OS/c1-11-8-18-15(22-11)9-19-16-13-7-14(12-5-3-2-4-6-12)23-17(13)21-10-20-16/h2-8,10H,9H2,1H3,(H,19,20,21). The van der Waals surface area contributed by atoms with E-state index in [9.17, 15) is 0 Å². The van der Waals surface area contributed by atoms with E-state index in [1.807, 2.05) is 25.1 Å². The lowest BCUT2D eigenvalue weighted by atomic mass is 10.2. The smallest absolute Gasteiger partial charge is 0.213 e. The number of nitrogens with one attached hydrogen (secondary N) is 1. The molecule has 4 aromatic rings. The van der Waals surface area contributed by atoms with Crippen LogP contribution >= 0.6 is 11.3 Å². The van der Waals surface area contributed by atoms with Crippen LogP contribution in [0.4, 0.5) is 5.82 Å². The molecule has 0 aliphatic rings. The summed E-state index contributed by atoms with van der Waals surface area (Å²) in [6.07, 6.45) is 3.29. The van der Waals surface area contributed by atoms with Crippen molar-refractivity contribution in [2.24, 2.45) is 0 Å². The van der Waals surface area contributed by atoms with Gasteiger partial charge in [0.1, 0.15) is 22.7 Å². The molecule has 3 heterocycles. The van der Waals surface area contributed by atoms with Crippen molar-refractivity contribution in [3.63, 3.8) is 0 Å². The number of nitrogens with zero attached hydrogens (tertiary/aromatic N) is 3. The highest BCUT2D eigenvalue weighted by atomic mass is 32.1. The van der Waals surface area contributed by atoms with Crippen LogP contribution in [0.1, 0.15) is 11.7 Å². The maximum Gasteiger partial charge on any atom is 0.213 e. The summed E-state index contributed by atoms with van der Waals surface area (Å²) in [6.45, 7) is 2.38. The molecule has 0 spiro atoms. The highest BCUT2D eigenvalue weighted by Crippen LogP contribution is 2.34. The molecule has 1 aromatic carbocycles. The summed E-state index contributed by atoms with van der Waals surface area (Å²) >= 11 is 1.66. The Hall–Kier alpha value is -2.73. The van der Waals surface area contributed by atoms with Gasteiger partial charge >= 0.3 is 0 Å². The van der Waals surface area contributed by atoms with E-state index >= 15 is 0 Å². The molecule has 0 aliphatic heterocycles. The molecule has 0 saturated heterocycles. The predicted octanol–water partition coefficient (Wildman–Crippen LogP) is 4.27. The lowest BCUT2D eigenvalue weighted by molar-refractivity contribution is 0.479. The number of aryl methyl sites for hydroxylation is 1. The van der Waals surface area contributed by atoms with E-state index in [1.54, 1.807) is 23.9 Å². The molecular formula is C17H14N4OS. The van der Waals surface area contributed by atoms with Crippen LogP contribution in [-0.4, -0.2) is 15.0 Å². The predicted molar refractivity (Wildman–Crippen MR) is 91.4 cm³/mol. The van der Waals surface area contributed by atoms with Gasteiger partial charge in [0.2, 0.25) is 5.89 Å². The fourth-order valence-electron chi connectivity index (χ4n) is 2.38. The minimum absolute atomic E-state index is 0.496. The first-order chi connectivity index (χ1) is 11.3. The Morgan fingerprint density at radius 3 is 2.78 bits per heavy atom. The molecule has 0 saturated carbocycles. The van der Waals surface area contributed by atoms with Crippen molar-refractivity contribution in [3.8, 4) is 10.4 Å². The number of anilines is 1. The van der Waals surface area contributed by atoms with Gasteiger partial charge in [-0.25, -0.2) is 15.0 Å². The number of hydrogen-bond donors (Lipinski definition) is 1. The third kappa shape index (κ3) is 2.80. The van der Waals surface area contributed by atoms with E-state index in [-0.39, 0.29) is 0 Å². The van der Waals surface area contributed by atoms with Crippen molar-refractivity contribution in [1.29, 1.82) is 0 Å². The van der Waals surface area contributed by atoms with Crippen LogP contribution in [0.15, 0.2) is 53.3 Å². The van der Waals surface area contributed by atoms with E-state index < -0.39 is 0 Å². The van der Waals surface area contributed by atoms with Crippen LogP contribution < -0.4 is 5.32 Å². The molecule has 1 N–H and O–H groups in total. The second-order valence-electron chi connectivity index (χ2n) is 5.14. The van der Waals surface area contributed by atoms with Crippen molar-refractivity contribution in [2.75, 3.05) is 5.32 Å². The van der Waals surface area contributed by atoms with Crippen molar-refractivity contribution >= 4 is 27.4 Å². The van der Waals surface area contributed by atoms with Crippen LogP contribution in [0.3, 0.4) is 0 Å². The van der Waals surface area contributed by atoms with Crippen molar-refractivity contribution < 1.29 is 4.42 Å². The fraction of sp³-hybridized carbons (Fsp3) is 0.118. The van der Waals surface area contributed by atoms with Gasteiger partial charge in [-0.05, 0) is 18.6 Å². The summed E-state index contributed by atoms with van der Waals surface area (Å²) in [4.78, 5) is 15.1. The Labute approximate surface area is 137 Å². The number of hydrogen-bond acceptors (Lipinski definition) is 6. The molecule has 0 unspecified atom stereocenters. The number of thiophene rings is 1. The molecule has 0 radical (unpaired) electrons. The monoisotopic (exact) mass is 322 g/mol. The van der Waals surface area contributed by atoms with Gasteiger partial charge in [-0.3, -0.25) is 0 Å². The summed E-state index contributed by atoms with van der Waals surface area (Å²) in [7, 11) is 0. The minimum Gasteiger partial charge on any atom is -0.444 e. The third-order valence-corrected chi connectivity index (χ3v) is 4.56. The highest BCUT2D eigenvalue weighted by molar-refractivity contribution is 7.21. The number of fused-ring (bicyclic) bond motifs is 1. The van der Waals surface area contributed by atoms with Crippen LogP contribution in [0.5, 0.6) is 0 Å². The van der Waals surface area contributed by atoms with Gasteiger partial charge in [0.05, 0.1) is 18.1 Å². The van der Waals surface area contributed by atoms with Gasteiger partial charge in [-0.1, -0.05) is 30.3 Å². The van der Waals surface area contributed by atoms with Crippen molar-refractivity contribution in [1.82, 2.24) is 15.0 Å². The van der Waals surface area contributed by atoms with Crippen LogP contribution in [0.25, 0.3) is 20.7 Å². The summed E-state index contributed by atoms with van der Waals surface area (Å²) < 4.78 is 5.48. The second kappa shape index (κ2) is 5.81. The first-order valence-electron chi connectivity index (χ1n) is 7.25. The lowest BCUT2D eigenvalue weighted by Crippen LogP contribution is -2.02. The average molecular weight is 322 g/mol. The fourth-order valence-corrected chi connectivity index (χ4v) is 3.39. The number of oxazole rings is 1. The molecule has 23 heavy (non-hydrogen) atoms. The quantitative estimate of drug-likeness (QED) is 0.608. The van der Waals surface area contributed by atoms with E-state index in [2.05, 4.69) is 38.5 Å². The molecule has 4 rings (SSSR count). The summed E-state index contributed by atoms with van der Waals surface area (Å²) in [5, 5.41) is 4.29. The molecule has 114 valence electrons. The normalized spacial score (nSPS) is 11.0. The number of benzene rings is 1. The first-order valence-corrected chi connectivity index (χ1v) is 8.06. The van der Waals surface area contributed by atoms with E-state index in [1.165, 1.54) is 10.4 Å². The van der Waals surface area contributed by atoms with Gasteiger partial charge < -0.3 is 9.73 Å². The largest absolute Gasteiger partial charge is 0.444 e. The highest BCUT2D eigenvalue weighted by Gasteiger charge is 2.10. The Kier molecular flexibility index (Phi) is 3.51. The Morgan fingerprint density at radius 2 is 2.00 bits per heavy atom. The van der Waals surface area contributed by atoms with Gasteiger partial charge in [0, 0.05) is 4.88 Å². The second-order valence-corrected chi connectivity index (χ2v) is 6.17. The summed E-state index contributed by atoms with van der Waals surface area (Å²) in [6, 6.07) is 12.4. The van der Waals surface area contributed by atoms with E-state index in [0.29, 0.717) is 12.4 Å². The molecule has 5 nitrogen and oxygen atoms in total. The summed E-state index contributed by atoms with van der Waals surface area (Å²) in [5.41, 5.74) is 1.18. The van der Waals surface area contributed by atoms with Gasteiger partial charge in [-0.15, -0.1) is 11.3 Å². The molecular weight excluding hydrogens is 308 g/mol. The maximum absolute atomic E-state index is 5.48. The molecule has 6 heteroatoms. The zero-order valence-electron chi connectivity index (χ0n) is 12.5. The van der Waals surface area contributed by atoms with E-state index in [4.69, 9.17) is 4.42 Å². The van der Waals surface area contributed by atoms with Crippen LogP contribution in [-0.2, 0) is 6.54 Å². The summed E-state index contributed by atoms with van der Waals surface area (Å²) in [5.74, 6) is 2.24. The van der Waals surface area contributed by atoms with Crippen LogP contribution in [0.2, 0.25) is 0 Å². The lowest BCUT2D eigenvalue weighted by Gasteiger charge is -2.03. The van der Waals surface area contributed by atoms with Crippen molar-refractivity contribution in [3.05, 3.63) is 60.6 Å². The Bertz CT molecular complexity index is 946. The zero-order chi connectivity index (χ0) is 15.6. The number of aromatic nitrogens is 3. The maximum atomic E-state index is 5.48. The minimum atomic E-state index is 0.496. The van der Waals surface area contributed by atoms with Crippen molar-refractivity contribution in [2.45, 2.75) is 13.5 Å². The van der Waals surface area contributed by atoms with Gasteiger partial charge in [0.15, 0.2) is 0 Å². The Balaban J connectivity index is 1.66. The first kappa shape index (κ1) is 13.9. The van der Waals surface area contributed by atoms with Gasteiger partial charge in [-0.2, -0.15) is 0 Å². The molecule has 0 fully saturated rings. The third-order valence-electron chi connectivity index (χ3n) is 3.46. The van der Waals surface area contributed by atoms with Gasteiger partial charge in [0.25, 0.3) is 0 Å². The van der Waals surface area contributed by atoms with E-state index in [0.717, 1.165) is 21.8 Å². The SMILES string of the molecule is Cc1cnc(CNc2ncnc3sc(-c4ccccc4)cc23)o1. The Morgan fingerprint density at radius 1 is 1.13 bits per heavy atom. The molecule has 0 aliphatic carbocycles. The molecule has 0 atom stereocenters. The number of rotatable bonds is 4.